The second-order valence-corrected chi connectivity index (χ2v) is 9.01. The van der Waals surface area contributed by atoms with Crippen LogP contribution in [0.15, 0.2) is 29.3 Å². The molecule has 1 saturated heterocycles. The van der Waals surface area contributed by atoms with Crippen molar-refractivity contribution < 1.29 is 13.2 Å². The molecule has 27 heavy (non-hydrogen) atoms. The number of morpholine rings is 1. The number of ether oxygens (including phenoxy) is 1. The van der Waals surface area contributed by atoms with Gasteiger partial charge in [-0.2, -0.15) is 4.31 Å². The van der Waals surface area contributed by atoms with E-state index in [1.54, 1.807) is 25.1 Å². The molecule has 0 N–H and O–H groups in total. The van der Waals surface area contributed by atoms with E-state index in [9.17, 15) is 8.42 Å². The summed E-state index contributed by atoms with van der Waals surface area (Å²) in [5.74, 6) is 0.634. The number of sulfonamides is 1. The summed E-state index contributed by atoms with van der Waals surface area (Å²) in [6, 6.07) is 4.97. The number of nitrogens with zero attached hydrogens (tertiary/aromatic N) is 4. The molecule has 2 aliphatic rings. The summed E-state index contributed by atoms with van der Waals surface area (Å²) in [6.07, 6.45) is 2.42. The summed E-state index contributed by atoms with van der Waals surface area (Å²) >= 11 is 6.13. The predicted molar refractivity (Wildman–Crippen MR) is 103 cm³/mol. The molecule has 0 bridgehead atoms. The summed E-state index contributed by atoms with van der Waals surface area (Å²) < 4.78 is 33.2. The summed E-state index contributed by atoms with van der Waals surface area (Å²) in [5.41, 5.74) is 2.34. The van der Waals surface area contributed by atoms with Crippen LogP contribution in [0.3, 0.4) is 0 Å². The summed E-state index contributed by atoms with van der Waals surface area (Å²) in [7, 11) is -3.64. The monoisotopic (exact) mass is 408 g/mol. The predicted octanol–water partition coefficient (Wildman–Crippen LogP) is 2.02. The molecule has 0 atom stereocenters. The van der Waals surface area contributed by atoms with Crippen molar-refractivity contribution >= 4 is 27.6 Å². The number of rotatable bonds is 3. The molecule has 1 aromatic carbocycles. The van der Waals surface area contributed by atoms with Crippen molar-refractivity contribution in [1.29, 1.82) is 0 Å². The van der Waals surface area contributed by atoms with Crippen molar-refractivity contribution in [1.82, 2.24) is 14.3 Å². The Morgan fingerprint density at radius 3 is 2.74 bits per heavy atom. The van der Waals surface area contributed by atoms with Crippen molar-refractivity contribution in [2.75, 3.05) is 37.7 Å². The molecule has 0 unspecified atom stereocenters. The lowest BCUT2D eigenvalue weighted by atomic mass is 10.1. The van der Waals surface area contributed by atoms with Crippen LogP contribution >= 0.6 is 11.6 Å². The number of halogens is 1. The van der Waals surface area contributed by atoms with E-state index in [4.69, 9.17) is 16.3 Å². The number of hydrogen-bond acceptors (Lipinski definition) is 6. The largest absolute Gasteiger partial charge is 0.378 e. The summed E-state index contributed by atoms with van der Waals surface area (Å²) in [4.78, 5) is 11.4. The fourth-order valence-corrected chi connectivity index (χ4v) is 5.28. The van der Waals surface area contributed by atoms with Gasteiger partial charge in [-0.1, -0.05) is 17.7 Å². The number of benzene rings is 1. The highest BCUT2D eigenvalue weighted by molar-refractivity contribution is 7.89. The van der Waals surface area contributed by atoms with E-state index in [0.29, 0.717) is 42.7 Å². The third kappa shape index (κ3) is 3.54. The molecular formula is C18H21ClN4O3S. The van der Waals surface area contributed by atoms with E-state index in [0.717, 1.165) is 24.3 Å². The van der Waals surface area contributed by atoms with Gasteiger partial charge in [0, 0.05) is 30.9 Å². The SMILES string of the molecule is Cc1c(Cl)cccc1S(=O)(=O)N1CCc2cnc(N3CCOCC3)nc2C1. The van der Waals surface area contributed by atoms with Gasteiger partial charge in [-0.15, -0.1) is 0 Å². The third-order valence-electron chi connectivity index (χ3n) is 5.03. The van der Waals surface area contributed by atoms with Crippen LogP contribution < -0.4 is 4.90 Å². The second kappa shape index (κ2) is 7.35. The highest BCUT2D eigenvalue weighted by atomic mass is 35.5. The molecule has 0 spiro atoms. The highest BCUT2D eigenvalue weighted by Crippen LogP contribution is 2.29. The standard InChI is InChI=1S/C18H21ClN4O3S/c1-13-15(19)3-2-4-17(13)27(24,25)23-6-5-14-11-20-18(21-16(14)12-23)22-7-9-26-10-8-22/h2-4,11H,5-10,12H2,1H3. The maximum absolute atomic E-state index is 13.2. The molecule has 0 aliphatic carbocycles. The minimum atomic E-state index is -3.64. The van der Waals surface area contributed by atoms with Crippen molar-refractivity contribution in [2.45, 2.75) is 24.8 Å². The van der Waals surface area contributed by atoms with Crippen molar-refractivity contribution in [3.8, 4) is 0 Å². The van der Waals surface area contributed by atoms with Crippen molar-refractivity contribution in [2.24, 2.45) is 0 Å². The first-order chi connectivity index (χ1) is 13.0. The van der Waals surface area contributed by atoms with Crippen molar-refractivity contribution in [3.05, 3.63) is 46.2 Å². The normalized spacial score (nSPS) is 18.4. The fraction of sp³-hybridized carbons (Fsp3) is 0.444. The topological polar surface area (TPSA) is 75.6 Å². The van der Waals surface area contributed by atoms with Crippen LogP contribution in [0.4, 0.5) is 5.95 Å². The number of fused-ring (bicyclic) bond motifs is 1. The van der Waals surface area contributed by atoms with Crippen LogP contribution in [-0.2, 0) is 27.7 Å². The highest BCUT2D eigenvalue weighted by Gasteiger charge is 2.31. The summed E-state index contributed by atoms with van der Waals surface area (Å²) in [5, 5.41) is 0.449. The zero-order valence-electron chi connectivity index (χ0n) is 15.1. The molecule has 1 aromatic heterocycles. The molecule has 4 rings (SSSR count). The molecule has 144 valence electrons. The molecule has 0 radical (unpaired) electrons. The van der Waals surface area contributed by atoms with Gasteiger partial charge < -0.3 is 9.64 Å². The molecule has 3 heterocycles. The van der Waals surface area contributed by atoms with Crippen LogP contribution in [0.25, 0.3) is 0 Å². The van der Waals surface area contributed by atoms with Gasteiger partial charge >= 0.3 is 0 Å². The number of anilines is 1. The lowest BCUT2D eigenvalue weighted by molar-refractivity contribution is 0.122. The van der Waals surface area contributed by atoms with Crippen LogP contribution in [0.2, 0.25) is 5.02 Å². The van der Waals surface area contributed by atoms with Gasteiger partial charge in [-0.05, 0) is 36.6 Å². The maximum atomic E-state index is 13.2. The van der Waals surface area contributed by atoms with Crippen LogP contribution in [0.1, 0.15) is 16.8 Å². The zero-order chi connectivity index (χ0) is 19.0. The Kier molecular flexibility index (Phi) is 5.07. The Balaban J connectivity index is 1.62. The maximum Gasteiger partial charge on any atom is 0.243 e. The summed E-state index contributed by atoms with van der Waals surface area (Å²) in [6.45, 7) is 5.14. The number of hydrogen-bond donors (Lipinski definition) is 0. The Hall–Kier alpha value is -1.74. The Bertz CT molecular complexity index is 961. The Labute approximate surface area is 164 Å². The first-order valence-electron chi connectivity index (χ1n) is 8.89. The van der Waals surface area contributed by atoms with E-state index in [1.165, 1.54) is 4.31 Å². The molecule has 7 nitrogen and oxygen atoms in total. The lowest BCUT2D eigenvalue weighted by Crippen LogP contribution is -2.39. The van der Waals surface area contributed by atoms with Crippen LogP contribution in [0.5, 0.6) is 0 Å². The quantitative estimate of drug-likeness (QED) is 0.773. The first-order valence-corrected chi connectivity index (χ1v) is 10.7. The van der Waals surface area contributed by atoms with Crippen LogP contribution in [0, 0.1) is 6.92 Å². The lowest BCUT2D eigenvalue weighted by Gasteiger charge is -2.30. The Morgan fingerprint density at radius 2 is 1.96 bits per heavy atom. The third-order valence-corrected chi connectivity index (χ3v) is 7.43. The molecule has 2 aliphatic heterocycles. The average molecular weight is 409 g/mol. The van der Waals surface area contributed by atoms with Crippen LogP contribution in [-0.4, -0.2) is 55.5 Å². The van der Waals surface area contributed by atoms with Crippen molar-refractivity contribution in [3.63, 3.8) is 0 Å². The van der Waals surface area contributed by atoms with Gasteiger partial charge in [0.1, 0.15) is 0 Å². The van der Waals surface area contributed by atoms with Gasteiger partial charge in [0.2, 0.25) is 16.0 Å². The minimum Gasteiger partial charge on any atom is -0.378 e. The Morgan fingerprint density at radius 1 is 1.19 bits per heavy atom. The molecule has 2 aromatic rings. The van der Waals surface area contributed by atoms with E-state index in [-0.39, 0.29) is 11.4 Å². The molecule has 0 amide bonds. The molecular weight excluding hydrogens is 388 g/mol. The molecule has 9 heteroatoms. The minimum absolute atomic E-state index is 0.240. The molecule has 1 fully saturated rings. The molecule has 0 saturated carbocycles. The fourth-order valence-electron chi connectivity index (χ4n) is 3.40. The smallest absolute Gasteiger partial charge is 0.243 e. The number of aromatic nitrogens is 2. The second-order valence-electron chi connectivity index (χ2n) is 6.69. The van der Waals surface area contributed by atoms with Gasteiger partial charge in [-0.25, -0.2) is 18.4 Å². The van der Waals surface area contributed by atoms with E-state index >= 15 is 0 Å². The van der Waals surface area contributed by atoms with Gasteiger partial charge in [-0.3, -0.25) is 0 Å². The van der Waals surface area contributed by atoms with Gasteiger partial charge in [0.05, 0.1) is 30.3 Å². The average Bonchev–Trinajstić information content (AvgIpc) is 2.69. The van der Waals surface area contributed by atoms with E-state index < -0.39 is 10.0 Å². The first kappa shape index (κ1) is 18.6. The zero-order valence-corrected chi connectivity index (χ0v) is 16.6. The van der Waals surface area contributed by atoms with Gasteiger partial charge in [0.25, 0.3) is 0 Å². The van der Waals surface area contributed by atoms with E-state index in [1.807, 2.05) is 6.20 Å². The van der Waals surface area contributed by atoms with E-state index in [2.05, 4.69) is 14.9 Å². The van der Waals surface area contributed by atoms with Gasteiger partial charge in [0.15, 0.2) is 0 Å².